The molecule has 1 amide bonds. The molecule has 5 rings (SSSR count). The predicted octanol–water partition coefficient (Wildman–Crippen LogP) is 5.19. The highest BCUT2D eigenvalue weighted by atomic mass is 32.1. The van der Waals surface area contributed by atoms with Crippen LogP contribution in [0.4, 0.5) is 5.82 Å². The molecule has 0 radical (unpaired) electrons. The zero-order chi connectivity index (χ0) is 20.3. The number of hydrogen-bond donors (Lipinski definition) is 1. The molecule has 29 heavy (non-hydrogen) atoms. The minimum absolute atomic E-state index is 0.00372. The van der Waals surface area contributed by atoms with E-state index in [1.807, 2.05) is 13.0 Å². The SMILES string of the molecule is Cc1ccc(C)c(C2CC(=O)Nc3c2c(C)nn3-c2nc3ccc(C)cc3s2)c1. The van der Waals surface area contributed by atoms with Gasteiger partial charge < -0.3 is 5.32 Å². The molecule has 146 valence electrons. The summed E-state index contributed by atoms with van der Waals surface area (Å²) in [5, 5.41) is 8.63. The number of nitrogens with zero attached hydrogens (tertiary/aromatic N) is 3. The lowest BCUT2D eigenvalue weighted by atomic mass is 9.83. The van der Waals surface area contributed by atoms with E-state index in [0.29, 0.717) is 6.42 Å². The van der Waals surface area contributed by atoms with Gasteiger partial charge in [-0.15, -0.1) is 0 Å². The van der Waals surface area contributed by atoms with Crippen molar-refractivity contribution in [2.45, 2.75) is 40.0 Å². The number of amides is 1. The molecule has 0 saturated carbocycles. The quantitative estimate of drug-likeness (QED) is 0.502. The van der Waals surface area contributed by atoms with Crippen molar-refractivity contribution >= 4 is 33.3 Å². The Balaban J connectivity index is 1.69. The largest absolute Gasteiger partial charge is 0.310 e. The van der Waals surface area contributed by atoms with Gasteiger partial charge in [-0.3, -0.25) is 4.79 Å². The molecule has 0 fully saturated rings. The average Bonchev–Trinajstić information content (AvgIpc) is 3.23. The van der Waals surface area contributed by atoms with Gasteiger partial charge in [0.25, 0.3) is 0 Å². The standard InChI is InChI=1S/C23H22N4OS/c1-12-5-7-14(3)16(9-12)17-11-20(28)25-22-21(17)15(4)26-27(22)23-24-18-8-6-13(2)10-19(18)29-23/h5-10,17H,11H2,1-4H3,(H,25,28). The maximum atomic E-state index is 12.6. The Morgan fingerprint density at radius 2 is 1.83 bits per heavy atom. The number of aryl methyl sites for hydroxylation is 4. The Hall–Kier alpha value is -2.99. The fourth-order valence-electron chi connectivity index (χ4n) is 4.20. The van der Waals surface area contributed by atoms with E-state index < -0.39 is 0 Å². The Bertz CT molecular complexity index is 1280. The Kier molecular flexibility index (Phi) is 4.06. The van der Waals surface area contributed by atoms with E-state index in [1.165, 1.54) is 22.3 Å². The number of aromatic nitrogens is 3. The molecule has 1 N–H and O–H groups in total. The highest BCUT2D eigenvalue weighted by Crippen LogP contribution is 2.42. The third-order valence-corrected chi connectivity index (χ3v) is 6.62. The molecular formula is C23H22N4OS. The molecule has 1 aliphatic rings. The summed E-state index contributed by atoms with van der Waals surface area (Å²) in [7, 11) is 0. The van der Waals surface area contributed by atoms with E-state index in [1.54, 1.807) is 16.0 Å². The summed E-state index contributed by atoms with van der Waals surface area (Å²) in [6.07, 6.45) is 0.433. The number of carbonyl (C=O) groups is 1. The normalized spacial score (nSPS) is 16.1. The molecule has 1 atom stereocenters. The Morgan fingerprint density at radius 3 is 2.66 bits per heavy atom. The van der Waals surface area contributed by atoms with Gasteiger partial charge >= 0.3 is 0 Å². The summed E-state index contributed by atoms with van der Waals surface area (Å²) in [4.78, 5) is 17.4. The van der Waals surface area contributed by atoms with Crippen LogP contribution in [0.5, 0.6) is 0 Å². The molecule has 1 unspecified atom stereocenters. The summed E-state index contributed by atoms with van der Waals surface area (Å²) >= 11 is 1.59. The highest BCUT2D eigenvalue weighted by Gasteiger charge is 2.34. The van der Waals surface area contributed by atoms with Crippen molar-refractivity contribution in [2.75, 3.05) is 5.32 Å². The van der Waals surface area contributed by atoms with E-state index in [-0.39, 0.29) is 11.8 Å². The van der Waals surface area contributed by atoms with Gasteiger partial charge in [0.15, 0.2) is 0 Å². The molecule has 6 heteroatoms. The van der Waals surface area contributed by atoms with Crippen molar-refractivity contribution in [2.24, 2.45) is 0 Å². The molecule has 2 aromatic carbocycles. The number of hydrogen-bond acceptors (Lipinski definition) is 4. The summed E-state index contributed by atoms with van der Waals surface area (Å²) in [6, 6.07) is 12.7. The van der Waals surface area contributed by atoms with Crippen LogP contribution in [0.2, 0.25) is 0 Å². The number of carbonyl (C=O) groups excluding carboxylic acids is 1. The topological polar surface area (TPSA) is 59.8 Å². The Labute approximate surface area is 173 Å². The van der Waals surface area contributed by atoms with Gasteiger partial charge in [-0.05, 0) is 56.5 Å². The number of fused-ring (bicyclic) bond motifs is 2. The lowest BCUT2D eigenvalue weighted by molar-refractivity contribution is -0.116. The number of rotatable bonds is 2. The maximum Gasteiger partial charge on any atom is 0.226 e. The fraction of sp³-hybridized carbons (Fsp3) is 0.261. The van der Waals surface area contributed by atoms with Crippen LogP contribution in [0.1, 0.15) is 45.8 Å². The van der Waals surface area contributed by atoms with E-state index in [2.05, 4.69) is 56.4 Å². The lowest BCUT2D eigenvalue weighted by Gasteiger charge is -2.25. The van der Waals surface area contributed by atoms with Crippen LogP contribution in [-0.2, 0) is 4.79 Å². The van der Waals surface area contributed by atoms with Gasteiger partial charge in [-0.1, -0.05) is 41.2 Å². The molecule has 4 aromatic rings. The third kappa shape index (κ3) is 2.95. The number of nitrogens with one attached hydrogen (secondary N) is 1. The lowest BCUT2D eigenvalue weighted by Crippen LogP contribution is -2.25. The molecule has 0 bridgehead atoms. The van der Waals surface area contributed by atoms with Crippen molar-refractivity contribution in [3.63, 3.8) is 0 Å². The van der Waals surface area contributed by atoms with Crippen LogP contribution >= 0.6 is 11.3 Å². The van der Waals surface area contributed by atoms with Crippen LogP contribution < -0.4 is 5.32 Å². The fourth-order valence-corrected chi connectivity index (χ4v) is 5.22. The molecule has 0 aliphatic carbocycles. The van der Waals surface area contributed by atoms with Gasteiger partial charge in [-0.2, -0.15) is 9.78 Å². The zero-order valence-electron chi connectivity index (χ0n) is 16.9. The zero-order valence-corrected chi connectivity index (χ0v) is 17.7. The summed E-state index contributed by atoms with van der Waals surface area (Å²) < 4.78 is 2.93. The molecule has 5 nitrogen and oxygen atoms in total. The predicted molar refractivity (Wildman–Crippen MR) is 117 cm³/mol. The molecule has 0 spiro atoms. The smallest absolute Gasteiger partial charge is 0.226 e. The van der Waals surface area contributed by atoms with Crippen LogP contribution in [0.15, 0.2) is 36.4 Å². The van der Waals surface area contributed by atoms with E-state index in [0.717, 1.165) is 32.4 Å². The van der Waals surface area contributed by atoms with E-state index >= 15 is 0 Å². The third-order valence-electron chi connectivity index (χ3n) is 5.63. The van der Waals surface area contributed by atoms with Crippen LogP contribution in [0.25, 0.3) is 15.3 Å². The second-order valence-corrected chi connectivity index (χ2v) is 8.90. The van der Waals surface area contributed by atoms with Gasteiger partial charge in [0, 0.05) is 17.9 Å². The van der Waals surface area contributed by atoms with Gasteiger partial charge in [0.2, 0.25) is 11.0 Å². The summed E-state index contributed by atoms with van der Waals surface area (Å²) in [5.74, 6) is 0.769. The first kappa shape index (κ1) is 18.1. The average molecular weight is 403 g/mol. The molecule has 3 heterocycles. The second kappa shape index (κ2) is 6.52. The van der Waals surface area contributed by atoms with Crippen molar-refractivity contribution < 1.29 is 4.79 Å². The molecule has 1 aliphatic heterocycles. The molecule has 2 aromatic heterocycles. The number of anilines is 1. The van der Waals surface area contributed by atoms with Crippen LogP contribution in [0.3, 0.4) is 0 Å². The van der Waals surface area contributed by atoms with Gasteiger partial charge in [0.1, 0.15) is 5.82 Å². The maximum absolute atomic E-state index is 12.6. The number of thiazole rings is 1. The monoisotopic (exact) mass is 402 g/mol. The first-order chi connectivity index (χ1) is 13.9. The van der Waals surface area contributed by atoms with Crippen LogP contribution in [-0.4, -0.2) is 20.7 Å². The minimum atomic E-state index is 0.00372. The van der Waals surface area contributed by atoms with Gasteiger partial charge in [-0.25, -0.2) is 4.98 Å². The Morgan fingerprint density at radius 1 is 1.07 bits per heavy atom. The summed E-state index contributed by atoms with van der Waals surface area (Å²) in [5.41, 5.74) is 7.77. The first-order valence-electron chi connectivity index (χ1n) is 9.75. The van der Waals surface area contributed by atoms with Crippen molar-refractivity contribution in [3.8, 4) is 5.13 Å². The van der Waals surface area contributed by atoms with E-state index in [9.17, 15) is 4.79 Å². The van der Waals surface area contributed by atoms with Crippen molar-refractivity contribution in [3.05, 3.63) is 69.9 Å². The van der Waals surface area contributed by atoms with Crippen LogP contribution in [0, 0.1) is 27.7 Å². The highest BCUT2D eigenvalue weighted by molar-refractivity contribution is 7.20. The van der Waals surface area contributed by atoms with Crippen molar-refractivity contribution in [1.82, 2.24) is 14.8 Å². The van der Waals surface area contributed by atoms with Gasteiger partial charge in [0.05, 0.1) is 15.9 Å². The second-order valence-electron chi connectivity index (χ2n) is 7.89. The molecular weight excluding hydrogens is 380 g/mol. The molecule has 0 saturated heterocycles. The van der Waals surface area contributed by atoms with Crippen molar-refractivity contribution in [1.29, 1.82) is 0 Å². The minimum Gasteiger partial charge on any atom is -0.310 e. The number of benzene rings is 2. The summed E-state index contributed by atoms with van der Waals surface area (Å²) in [6.45, 7) is 8.29. The first-order valence-corrected chi connectivity index (χ1v) is 10.6. The van der Waals surface area contributed by atoms with E-state index in [4.69, 9.17) is 10.1 Å².